The van der Waals surface area contributed by atoms with Crippen molar-refractivity contribution in [2.24, 2.45) is 52.3 Å². The molecule has 1 saturated heterocycles. The van der Waals surface area contributed by atoms with Gasteiger partial charge in [-0.15, -0.1) is 0 Å². The van der Waals surface area contributed by atoms with E-state index in [1.807, 2.05) is 0 Å². The summed E-state index contributed by atoms with van der Waals surface area (Å²) in [5.41, 5.74) is 5.30. The minimum Gasteiger partial charge on any atom is -0.462 e. The summed E-state index contributed by atoms with van der Waals surface area (Å²) in [5.74, 6) is 2.69. The Balaban J connectivity index is 1.12. The van der Waals surface area contributed by atoms with Gasteiger partial charge in [0, 0.05) is 12.3 Å². The van der Waals surface area contributed by atoms with Gasteiger partial charge in [0.15, 0.2) is 0 Å². The molecule has 1 aliphatic heterocycles. The number of carbonyl (C=O) groups is 1. The highest BCUT2D eigenvalue weighted by Crippen LogP contribution is 2.68. The fraction of sp³-hybridized carbons (Fsp3) is 0.580. The fourth-order valence-corrected chi connectivity index (χ4v) is 12.2. The molecule has 0 bridgehead atoms. The highest BCUT2D eigenvalue weighted by atomic mass is 16.5. The molecule has 0 amide bonds. The quantitative estimate of drug-likeness (QED) is 0.137. The fourth-order valence-electron chi connectivity index (χ4n) is 12.2. The lowest BCUT2D eigenvalue weighted by atomic mass is 9.43. The summed E-state index contributed by atoms with van der Waals surface area (Å²) in [6, 6.07) is 32.0. The van der Waals surface area contributed by atoms with Crippen LogP contribution in [-0.2, 0) is 43.6 Å². The van der Waals surface area contributed by atoms with Crippen molar-refractivity contribution in [1.82, 2.24) is 0 Å². The SMILES string of the molecule is CC(C)C1CC(=O)OC(C(C)C2=CCC3C4C(CC[C@]23C)[C@@]2(C)CC[C@@H](OCc3ccccc3)CC2[C@@H](OCc2ccccc2)[C@@H]4OCc2ccccc2)C1. The van der Waals surface area contributed by atoms with Crippen LogP contribution in [0.5, 0.6) is 0 Å². The molecule has 1 heterocycles. The first kappa shape index (κ1) is 38.6. The lowest BCUT2D eigenvalue weighted by Gasteiger charge is -2.65. The standard InChI is InChI=1S/C50H64O5/c1-33(2)38-27-44(55-45(51)28-38)34(3)40-21-22-41-46-42(24-26-49(40,41)4)50(5)25-23-39(52-30-35-15-9-6-10-16-35)29-43(50)47(53-31-36-17-11-7-12-18-36)48(46)54-32-37-19-13-8-14-20-37/h6-21,33-34,38-39,41-44,46-48H,22-32H2,1-5H3/t34?,38?,39-,41?,42?,43?,44?,46?,47-,48-,49-,50-/m1/s1. The summed E-state index contributed by atoms with van der Waals surface area (Å²) >= 11 is 0. The molecule has 294 valence electrons. The van der Waals surface area contributed by atoms with Crippen LogP contribution in [0.25, 0.3) is 0 Å². The number of hydrogen-bond donors (Lipinski definition) is 0. The van der Waals surface area contributed by atoms with Gasteiger partial charge in [-0.2, -0.15) is 0 Å². The van der Waals surface area contributed by atoms with Crippen LogP contribution in [-0.4, -0.2) is 30.4 Å². The van der Waals surface area contributed by atoms with Crippen LogP contribution in [0.1, 0.15) is 103 Å². The maximum atomic E-state index is 12.9. The van der Waals surface area contributed by atoms with E-state index in [1.54, 1.807) is 0 Å². The van der Waals surface area contributed by atoms with Crippen molar-refractivity contribution in [3.05, 3.63) is 119 Å². The van der Waals surface area contributed by atoms with E-state index in [1.165, 1.54) is 35.1 Å². The summed E-state index contributed by atoms with van der Waals surface area (Å²) in [5, 5.41) is 0. The molecule has 4 fully saturated rings. The van der Waals surface area contributed by atoms with E-state index in [4.69, 9.17) is 18.9 Å². The van der Waals surface area contributed by atoms with Crippen molar-refractivity contribution in [3.63, 3.8) is 0 Å². The van der Waals surface area contributed by atoms with E-state index in [0.717, 1.165) is 32.1 Å². The molecule has 5 nitrogen and oxygen atoms in total. The number of allylic oxidation sites excluding steroid dienone is 1. The number of cyclic esters (lactones) is 1. The molecule has 3 aromatic rings. The zero-order valence-corrected chi connectivity index (χ0v) is 33.9. The van der Waals surface area contributed by atoms with E-state index in [9.17, 15) is 4.79 Å². The number of carbonyl (C=O) groups excluding carboxylic acids is 1. The summed E-state index contributed by atoms with van der Waals surface area (Å²) < 4.78 is 27.6. The smallest absolute Gasteiger partial charge is 0.306 e. The number of ether oxygens (including phenoxy) is 4. The van der Waals surface area contributed by atoms with E-state index in [0.29, 0.717) is 61.7 Å². The van der Waals surface area contributed by atoms with Crippen LogP contribution in [0, 0.1) is 52.3 Å². The molecule has 0 radical (unpaired) electrons. The van der Waals surface area contributed by atoms with Crippen molar-refractivity contribution < 1.29 is 23.7 Å². The summed E-state index contributed by atoms with van der Waals surface area (Å²) in [4.78, 5) is 12.9. The second-order valence-corrected chi connectivity index (χ2v) is 18.7. The average molecular weight is 745 g/mol. The molecule has 5 aliphatic rings. The molecule has 55 heavy (non-hydrogen) atoms. The van der Waals surface area contributed by atoms with Crippen LogP contribution in [0.3, 0.4) is 0 Å². The van der Waals surface area contributed by atoms with Crippen LogP contribution in [0.2, 0.25) is 0 Å². The molecule has 0 N–H and O–H groups in total. The molecular weight excluding hydrogens is 681 g/mol. The number of benzene rings is 3. The summed E-state index contributed by atoms with van der Waals surface area (Å²) in [6.07, 6.45) is 10.7. The van der Waals surface area contributed by atoms with Gasteiger partial charge < -0.3 is 18.9 Å². The topological polar surface area (TPSA) is 54.0 Å². The van der Waals surface area contributed by atoms with E-state index < -0.39 is 0 Å². The largest absolute Gasteiger partial charge is 0.462 e. The minimum atomic E-state index is -0.0618. The van der Waals surface area contributed by atoms with Gasteiger partial charge in [-0.25, -0.2) is 0 Å². The van der Waals surface area contributed by atoms with E-state index in [2.05, 4.69) is 132 Å². The minimum absolute atomic E-state index is 0.0202. The van der Waals surface area contributed by atoms with Crippen LogP contribution >= 0.6 is 0 Å². The normalized spacial score (nSPS) is 36.3. The summed E-state index contributed by atoms with van der Waals surface area (Å²) in [7, 11) is 0. The van der Waals surface area contributed by atoms with Crippen molar-refractivity contribution in [2.75, 3.05) is 0 Å². The maximum Gasteiger partial charge on any atom is 0.306 e. The Morgan fingerprint density at radius 2 is 1.27 bits per heavy atom. The Morgan fingerprint density at radius 3 is 1.87 bits per heavy atom. The molecule has 3 saturated carbocycles. The maximum absolute atomic E-state index is 12.9. The molecule has 5 heteroatoms. The third kappa shape index (κ3) is 7.75. The Bertz CT molecular complexity index is 1760. The van der Waals surface area contributed by atoms with E-state index >= 15 is 0 Å². The molecule has 7 unspecified atom stereocenters. The Hall–Kier alpha value is -3.25. The Labute approximate surface area is 330 Å². The predicted octanol–water partition coefficient (Wildman–Crippen LogP) is 11.2. The first-order chi connectivity index (χ1) is 26.6. The molecule has 3 aromatic carbocycles. The third-order valence-corrected chi connectivity index (χ3v) is 15.4. The predicted molar refractivity (Wildman–Crippen MR) is 218 cm³/mol. The molecule has 0 spiro atoms. The van der Waals surface area contributed by atoms with E-state index in [-0.39, 0.29) is 47.1 Å². The van der Waals surface area contributed by atoms with Gasteiger partial charge in [0.05, 0.1) is 38.1 Å². The van der Waals surface area contributed by atoms with Gasteiger partial charge in [-0.3, -0.25) is 4.79 Å². The number of esters is 1. The number of fused-ring (bicyclic) bond motifs is 5. The van der Waals surface area contributed by atoms with Crippen molar-refractivity contribution in [3.8, 4) is 0 Å². The van der Waals surface area contributed by atoms with Gasteiger partial charge in [-0.05, 0) is 108 Å². The Morgan fingerprint density at radius 1 is 0.691 bits per heavy atom. The second-order valence-electron chi connectivity index (χ2n) is 18.7. The third-order valence-electron chi connectivity index (χ3n) is 15.4. The van der Waals surface area contributed by atoms with Crippen LogP contribution in [0.15, 0.2) is 103 Å². The number of hydrogen-bond acceptors (Lipinski definition) is 5. The van der Waals surface area contributed by atoms with Gasteiger partial charge in [0.2, 0.25) is 0 Å². The molecule has 8 rings (SSSR count). The lowest BCUT2D eigenvalue weighted by Crippen LogP contribution is -2.65. The van der Waals surface area contributed by atoms with Gasteiger partial charge in [0.1, 0.15) is 6.10 Å². The van der Waals surface area contributed by atoms with Crippen molar-refractivity contribution in [2.45, 2.75) is 130 Å². The lowest BCUT2D eigenvalue weighted by molar-refractivity contribution is -0.252. The van der Waals surface area contributed by atoms with Crippen molar-refractivity contribution in [1.29, 1.82) is 0 Å². The molecule has 0 aromatic heterocycles. The molecule has 12 atom stereocenters. The molecule has 4 aliphatic carbocycles. The zero-order valence-electron chi connectivity index (χ0n) is 33.9. The zero-order chi connectivity index (χ0) is 38.2. The highest BCUT2D eigenvalue weighted by Gasteiger charge is 2.65. The van der Waals surface area contributed by atoms with Gasteiger partial charge in [-0.1, -0.05) is 137 Å². The first-order valence-electron chi connectivity index (χ1n) is 21.5. The van der Waals surface area contributed by atoms with Crippen LogP contribution < -0.4 is 0 Å². The monoisotopic (exact) mass is 744 g/mol. The average Bonchev–Trinajstić information content (AvgIpc) is 3.56. The highest BCUT2D eigenvalue weighted by molar-refractivity contribution is 5.70. The van der Waals surface area contributed by atoms with Gasteiger partial charge >= 0.3 is 5.97 Å². The van der Waals surface area contributed by atoms with Gasteiger partial charge in [0.25, 0.3) is 0 Å². The number of rotatable bonds is 12. The van der Waals surface area contributed by atoms with Crippen LogP contribution in [0.4, 0.5) is 0 Å². The summed E-state index contributed by atoms with van der Waals surface area (Å²) in [6.45, 7) is 13.8. The Kier molecular flexibility index (Phi) is 11.5. The second kappa shape index (κ2) is 16.3. The molecular formula is C50H64O5. The van der Waals surface area contributed by atoms with Crippen molar-refractivity contribution >= 4 is 5.97 Å². The first-order valence-corrected chi connectivity index (χ1v) is 21.5.